The number of hydrogen-bond donors (Lipinski definition) is 0. The molecule has 0 spiro atoms. The first-order chi connectivity index (χ1) is 5.34. The van der Waals surface area contributed by atoms with E-state index in [9.17, 15) is 0 Å². The van der Waals surface area contributed by atoms with Crippen molar-refractivity contribution >= 4 is 23.4 Å². The molecular formula is C8H10ClNS. The van der Waals surface area contributed by atoms with Crippen molar-refractivity contribution in [2.75, 3.05) is 11.6 Å². The molecule has 0 saturated heterocycles. The van der Waals surface area contributed by atoms with Crippen LogP contribution in [0.25, 0.3) is 0 Å². The average Bonchev–Trinajstić information content (AvgIpc) is 2.03. The van der Waals surface area contributed by atoms with Crippen molar-refractivity contribution in [3.05, 3.63) is 23.9 Å². The molecule has 1 heterocycles. The van der Waals surface area contributed by atoms with E-state index in [1.807, 2.05) is 12.3 Å². The third-order valence-corrected chi connectivity index (χ3v) is 2.80. The summed E-state index contributed by atoms with van der Waals surface area (Å²) in [5.41, 5.74) is 1.22. The van der Waals surface area contributed by atoms with Crippen molar-refractivity contribution in [1.29, 1.82) is 0 Å². The van der Waals surface area contributed by atoms with Crippen LogP contribution in [0.5, 0.6) is 0 Å². The molecule has 0 bridgehead atoms. The maximum atomic E-state index is 5.56. The van der Waals surface area contributed by atoms with Crippen molar-refractivity contribution in [3.63, 3.8) is 0 Å². The van der Waals surface area contributed by atoms with Crippen molar-refractivity contribution in [2.45, 2.75) is 11.9 Å². The van der Waals surface area contributed by atoms with Gasteiger partial charge in [-0.1, -0.05) is 6.07 Å². The summed E-state index contributed by atoms with van der Waals surface area (Å²) in [7, 11) is 0. The van der Waals surface area contributed by atoms with Crippen molar-refractivity contribution in [3.8, 4) is 0 Å². The van der Waals surface area contributed by atoms with Gasteiger partial charge in [0.1, 0.15) is 0 Å². The van der Waals surface area contributed by atoms with Gasteiger partial charge in [0.2, 0.25) is 0 Å². The number of hydrogen-bond acceptors (Lipinski definition) is 2. The molecule has 0 aromatic carbocycles. The Kier molecular flexibility index (Phi) is 3.73. The summed E-state index contributed by atoms with van der Waals surface area (Å²) in [5, 5.41) is 1.09. The summed E-state index contributed by atoms with van der Waals surface area (Å²) in [6.45, 7) is 2.06. The van der Waals surface area contributed by atoms with Crippen LogP contribution < -0.4 is 0 Å². The molecule has 0 radical (unpaired) electrons. The Bertz CT molecular complexity index is 227. The Morgan fingerprint density at radius 3 is 3.09 bits per heavy atom. The zero-order valence-corrected chi connectivity index (χ0v) is 7.95. The molecule has 0 atom stereocenters. The Morgan fingerprint density at radius 2 is 2.45 bits per heavy atom. The number of halogens is 1. The van der Waals surface area contributed by atoms with Gasteiger partial charge in [0, 0.05) is 17.8 Å². The van der Waals surface area contributed by atoms with Gasteiger partial charge in [-0.2, -0.15) is 0 Å². The molecule has 0 aliphatic rings. The maximum Gasteiger partial charge on any atom is 0.0989 e. The van der Waals surface area contributed by atoms with Gasteiger partial charge in [-0.15, -0.1) is 23.4 Å². The van der Waals surface area contributed by atoms with Crippen LogP contribution in [0.2, 0.25) is 0 Å². The third kappa shape index (κ3) is 2.72. The Labute approximate surface area is 76.2 Å². The summed E-state index contributed by atoms with van der Waals surface area (Å²) < 4.78 is 0. The predicted molar refractivity (Wildman–Crippen MR) is 50.4 cm³/mol. The van der Waals surface area contributed by atoms with Gasteiger partial charge in [0.25, 0.3) is 0 Å². The molecule has 0 fully saturated rings. The van der Waals surface area contributed by atoms with E-state index in [4.69, 9.17) is 11.6 Å². The van der Waals surface area contributed by atoms with E-state index in [1.54, 1.807) is 11.8 Å². The summed E-state index contributed by atoms with van der Waals surface area (Å²) in [6.07, 6.45) is 1.81. The molecular weight excluding hydrogens is 178 g/mol. The molecule has 0 amide bonds. The van der Waals surface area contributed by atoms with E-state index in [1.165, 1.54) is 5.56 Å². The maximum absolute atomic E-state index is 5.56. The topological polar surface area (TPSA) is 12.9 Å². The van der Waals surface area contributed by atoms with E-state index in [0.717, 1.165) is 10.8 Å². The standard InChI is InChI=1S/C8H10ClNS/c1-7-3-2-5-10-8(7)11-6-4-9/h2-3,5H,4,6H2,1H3. The molecule has 1 aromatic rings. The lowest BCUT2D eigenvalue weighted by Gasteiger charge is -2.00. The highest BCUT2D eigenvalue weighted by molar-refractivity contribution is 7.99. The highest BCUT2D eigenvalue weighted by atomic mass is 35.5. The normalized spacial score (nSPS) is 10.0. The van der Waals surface area contributed by atoms with Gasteiger partial charge < -0.3 is 0 Å². The molecule has 0 N–H and O–H groups in total. The van der Waals surface area contributed by atoms with E-state index in [-0.39, 0.29) is 0 Å². The minimum atomic E-state index is 0.681. The zero-order valence-electron chi connectivity index (χ0n) is 6.38. The van der Waals surface area contributed by atoms with Gasteiger partial charge in [0.15, 0.2) is 0 Å². The van der Waals surface area contributed by atoms with Crippen LogP contribution in [0.3, 0.4) is 0 Å². The first kappa shape index (κ1) is 8.88. The molecule has 1 rings (SSSR count). The van der Waals surface area contributed by atoms with Gasteiger partial charge in [-0.05, 0) is 18.6 Å². The fraction of sp³-hybridized carbons (Fsp3) is 0.375. The number of nitrogens with zero attached hydrogens (tertiary/aromatic N) is 1. The second-order valence-electron chi connectivity index (χ2n) is 2.16. The van der Waals surface area contributed by atoms with Crippen molar-refractivity contribution in [2.24, 2.45) is 0 Å². The molecule has 3 heteroatoms. The Balaban J connectivity index is 2.62. The Morgan fingerprint density at radius 1 is 1.64 bits per heavy atom. The average molecular weight is 188 g/mol. The first-order valence-corrected chi connectivity index (χ1v) is 4.97. The van der Waals surface area contributed by atoms with Gasteiger partial charge >= 0.3 is 0 Å². The number of rotatable bonds is 3. The lowest BCUT2D eigenvalue weighted by Crippen LogP contribution is -1.86. The molecule has 11 heavy (non-hydrogen) atoms. The van der Waals surface area contributed by atoms with Crippen molar-refractivity contribution in [1.82, 2.24) is 4.98 Å². The highest BCUT2D eigenvalue weighted by Gasteiger charge is 1.96. The predicted octanol–water partition coefficient (Wildman–Crippen LogP) is 2.72. The molecule has 1 aromatic heterocycles. The summed E-state index contributed by atoms with van der Waals surface area (Å²) >= 11 is 7.26. The van der Waals surface area contributed by atoms with Crippen LogP contribution in [0.1, 0.15) is 5.56 Å². The molecule has 1 nitrogen and oxygen atoms in total. The number of aryl methyl sites for hydroxylation is 1. The van der Waals surface area contributed by atoms with Gasteiger partial charge in [-0.25, -0.2) is 4.98 Å². The fourth-order valence-electron chi connectivity index (χ4n) is 0.758. The SMILES string of the molecule is Cc1cccnc1SCCCl. The second-order valence-corrected chi connectivity index (χ2v) is 3.62. The minimum absolute atomic E-state index is 0.681. The van der Waals surface area contributed by atoms with Crippen LogP contribution in [0.15, 0.2) is 23.4 Å². The van der Waals surface area contributed by atoms with Crippen LogP contribution in [0.4, 0.5) is 0 Å². The molecule has 0 unspecified atom stereocenters. The van der Waals surface area contributed by atoms with E-state index in [2.05, 4.69) is 18.0 Å². The summed E-state index contributed by atoms with van der Waals surface area (Å²) in [6, 6.07) is 4.00. The van der Waals surface area contributed by atoms with E-state index >= 15 is 0 Å². The lowest BCUT2D eigenvalue weighted by atomic mass is 10.3. The first-order valence-electron chi connectivity index (χ1n) is 3.45. The summed E-state index contributed by atoms with van der Waals surface area (Å²) in [5.74, 6) is 1.61. The van der Waals surface area contributed by atoms with Crippen LogP contribution >= 0.6 is 23.4 Å². The minimum Gasteiger partial charge on any atom is -0.250 e. The van der Waals surface area contributed by atoms with E-state index < -0.39 is 0 Å². The number of thioether (sulfide) groups is 1. The highest BCUT2D eigenvalue weighted by Crippen LogP contribution is 2.18. The monoisotopic (exact) mass is 187 g/mol. The smallest absolute Gasteiger partial charge is 0.0989 e. The van der Waals surface area contributed by atoms with Crippen molar-refractivity contribution < 1.29 is 0 Å². The lowest BCUT2D eigenvalue weighted by molar-refractivity contribution is 1.08. The number of pyridine rings is 1. The van der Waals surface area contributed by atoms with Crippen LogP contribution in [0, 0.1) is 6.92 Å². The van der Waals surface area contributed by atoms with Crippen LogP contribution in [-0.4, -0.2) is 16.6 Å². The third-order valence-electron chi connectivity index (χ3n) is 1.28. The summed E-state index contributed by atoms with van der Waals surface area (Å²) in [4.78, 5) is 4.22. The fourth-order valence-corrected chi connectivity index (χ4v) is 1.69. The quantitative estimate of drug-likeness (QED) is 0.533. The Hall–Kier alpha value is -0.210. The number of alkyl halides is 1. The number of aromatic nitrogens is 1. The van der Waals surface area contributed by atoms with Gasteiger partial charge in [-0.3, -0.25) is 0 Å². The second kappa shape index (κ2) is 4.62. The largest absolute Gasteiger partial charge is 0.250 e. The van der Waals surface area contributed by atoms with Crippen LogP contribution in [-0.2, 0) is 0 Å². The molecule has 0 aliphatic heterocycles. The van der Waals surface area contributed by atoms with E-state index in [0.29, 0.717) is 5.88 Å². The molecule has 0 aliphatic carbocycles. The zero-order chi connectivity index (χ0) is 8.10. The molecule has 60 valence electrons. The molecule has 0 saturated carbocycles. The van der Waals surface area contributed by atoms with Gasteiger partial charge in [0.05, 0.1) is 5.03 Å².